The van der Waals surface area contributed by atoms with Crippen molar-refractivity contribution in [2.75, 3.05) is 0 Å². The van der Waals surface area contributed by atoms with E-state index in [0.29, 0.717) is 21.4 Å². The molecule has 0 aliphatic heterocycles. The largest absolute Gasteiger partial charge is 0.334 e. The Kier molecular flexibility index (Phi) is 3.36. The minimum absolute atomic E-state index is 0.244. The zero-order valence-corrected chi connectivity index (χ0v) is 15.1. The molecule has 0 atom stereocenters. The molecule has 0 amide bonds. The number of benzene rings is 1. The van der Waals surface area contributed by atoms with Gasteiger partial charge in [0.15, 0.2) is 0 Å². The lowest BCUT2D eigenvalue weighted by Gasteiger charge is -2.06. The van der Waals surface area contributed by atoms with Gasteiger partial charge in [0.05, 0.1) is 16.6 Å². The van der Waals surface area contributed by atoms with Crippen LogP contribution in [0, 0.1) is 0 Å². The van der Waals surface area contributed by atoms with E-state index in [1.807, 2.05) is 6.07 Å². The van der Waals surface area contributed by atoms with Crippen molar-refractivity contribution in [1.29, 1.82) is 0 Å². The Morgan fingerprint density at radius 1 is 1.15 bits per heavy atom. The van der Waals surface area contributed by atoms with Crippen molar-refractivity contribution in [3.05, 3.63) is 49.5 Å². The Balaban J connectivity index is 1.80. The van der Waals surface area contributed by atoms with Crippen LogP contribution in [0.3, 0.4) is 0 Å². The monoisotopic (exact) mass is 367 g/mol. The first-order chi connectivity index (χ1) is 12.6. The fraction of sp³-hybridized carbons (Fsp3) is 0.333. The number of thiophene rings is 1. The number of rotatable bonds is 1. The lowest BCUT2D eigenvalue weighted by Crippen LogP contribution is -2.33. The Bertz CT molecular complexity index is 1280. The van der Waals surface area contributed by atoms with Gasteiger partial charge in [0.25, 0.3) is 5.56 Å². The van der Waals surface area contributed by atoms with Crippen molar-refractivity contribution in [3.8, 4) is 5.69 Å². The van der Waals surface area contributed by atoms with Crippen molar-refractivity contribution in [3.63, 3.8) is 0 Å². The van der Waals surface area contributed by atoms with E-state index in [4.69, 9.17) is 0 Å². The van der Waals surface area contributed by atoms with Crippen LogP contribution in [0.4, 0.5) is 0 Å². The minimum atomic E-state index is -0.415. The minimum Gasteiger partial charge on any atom is -0.298 e. The molecule has 26 heavy (non-hydrogen) atoms. The SMILES string of the molecule is Cn1nnc2cc(-n3c(=O)[nH]c4sc5c(c4c3=O)CCCCC5)ccc21. The summed E-state index contributed by atoms with van der Waals surface area (Å²) < 4.78 is 2.88. The summed E-state index contributed by atoms with van der Waals surface area (Å²) in [6.45, 7) is 0. The molecule has 5 rings (SSSR count). The molecule has 7 nitrogen and oxygen atoms in total. The summed E-state index contributed by atoms with van der Waals surface area (Å²) >= 11 is 1.56. The van der Waals surface area contributed by atoms with Crippen LogP contribution in [0.25, 0.3) is 26.9 Å². The number of hydrogen-bond donors (Lipinski definition) is 1. The van der Waals surface area contributed by atoms with E-state index in [1.165, 1.54) is 15.9 Å². The van der Waals surface area contributed by atoms with Crippen LogP contribution in [0.5, 0.6) is 0 Å². The number of aromatic amines is 1. The molecule has 0 unspecified atom stereocenters. The van der Waals surface area contributed by atoms with E-state index in [2.05, 4.69) is 15.3 Å². The average molecular weight is 367 g/mol. The molecule has 1 aliphatic rings. The van der Waals surface area contributed by atoms with Gasteiger partial charge >= 0.3 is 5.69 Å². The quantitative estimate of drug-likeness (QED) is 0.523. The van der Waals surface area contributed by atoms with Crippen molar-refractivity contribution in [2.24, 2.45) is 7.05 Å². The third-order valence-electron chi connectivity index (χ3n) is 5.11. The molecule has 0 saturated carbocycles. The second-order valence-electron chi connectivity index (χ2n) is 6.73. The van der Waals surface area contributed by atoms with Gasteiger partial charge < -0.3 is 0 Å². The van der Waals surface area contributed by atoms with Gasteiger partial charge in [-0.3, -0.25) is 9.78 Å². The maximum atomic E-state index is 13.2. The molecule has 132 valence electrons. The number of nitrogens with one attached hydrogen (secondary N) is 1. The smallest absolute Gasteiger partial charge is 0.298 e. The van der Waals surface area contributed by atoms with E-state index in [0.717, 1.165) is 36.8 Å². The molecule has 1 N–H and O–H groups in total. The summed E-state index contributed by atoms with van der Waals surface area (Å²) in [5, 5.41) is 8.74. The highest BCUT2D eigenvalue weighted by Crippen LogP contribution is 2.32. The first-order valence-electron chi connectivity index (χ1n) is 8.73. The van der Waals surface area contributed by atoms with Gasteiger partial charge in [-0.15, -0.1) is 16.4 Å². The average Bonchev–Trinajstić information content (AvgIpc) is 3.07. The molecule has 0 radical (unpaired) electrons. The van der Waals surface area contributed by atoms with Gasteiger partial charge in [0.2, 0.25) is 0 Å². The van der Waals surface area contributed by atoms with Crippen molar-refractivity contribution in [1.82, 2.24) is 24.5 Å². The van der Waals surface area contributed by atoms with Gasteiger partial charge in [-0.1, -0.05) is 11.6 Å². The van der Waals surface area contributed by atoms with Crippen LogP contribution in [0.1, 0.15) is 29.7 Å². The maximum absolute atomic E-state index is 13.2. The van der Waals surface area contributed by atoms with Crippen LogP contribution in [-0.4, -0.2) is 24.5 Å². The molecule has 0 bridgehead atoms. The van der Waals surface area contributed by atoms with Crippen LogP contribution in [-0.2, 0) is 19.9 Å². The van der Waals surface area contributed by atoms with Crippen LogP contribution in [0.2, 0.25) is 0 Å². The lowest BCUT2D eigenvalue weighted by atomic mass is 10.1. The van der Waals surface area contributed by atoms with Gasteiger partial charge in [-0.25, -0.2) is 14.0 Å². The van der Waals surface area contributed by atoms with Gasteiger partial charge in [-0.05, 0) is 49.4 Å². The molecule has 1 aliphatic carbocycles. The van der Waals surface area contributed by atoms with E-state index in [1.54, 1.807) is 35.2 Å². The molecule has 8 heteroatoms. The molecule has 0 spiro atoms. The second-order valence-corrected chi connectivity index (χ2v) is 7.83. The predicted molar refractivity (Wildman–Crippen MR) is 101 cm³/mol. The summed E-state index contributed by atoms with van der Waals surface area (Å²) in [6, 6.07) is 5.32. The molecule has 0 saturated heterocycles. The highest BCUT2D eigenvalue weighted by Gasteiger charge is 2.20. The number of aromatic nitrogens is 5. The molecule has 3 aromatic heterocycles. The van der Waals surface area contributed by atoms with Gasteiger partial charge in [-0.2, -0.15) is 0 Å². The van der Waals surface area contributed by atoms with Gasteiger partial charge in [0.1, 0.15) is 10.3 Å². The number of aryl methyl sites for hydroxylation is 3. The Hall–Kier alpha value is -2.74. The van der Waals surface area contributed by atoms with E-state index in [9.17, 15) is 9.59 Å². The number of H-pyrrole nitrogens is 1. The number of nitrogens with zero attached hydrogens (tertiary/aromatic N) is 4. The van der Waals surface area contributed by atoms with Crippen LogP contribution in [0.15, 0.2) is 27.8 Å². The first-order valence-corrected chi connectivity index (χ1v) is 9.54. The van der Waals surface area contributed by atoms with Gasteiger partial charge in [0, 0.05) is 11.9 Å². The Labute approximate surface area is 151 Å². The molecular weight excluding hydrogens is 350 g/mol. The summed E-state index contributed by atoms with van der Waals surface area (Å²) in [6.07, 6.45) is 5.30. The third-order valence-corrected chi connectivity index (χ3v) is 6.32. The zero-order chi connectivity index (χ0) is 17.8. The van der Waals surface area contributed by atoms with Crippen molar-refractivity contribution >= 4 is 32.6 Å². The summed E-state index contributed by atoms with van der Waals surface area (Å²) in [5.74, 6) is 0. The fourth-order valence-electron chi connectivity index (χ4n) is 3.82. The predicted octanol–water partition coefficient (Wildman–Crippen LogP) is 2.29. The highest BCUT2D eigenvalue weighted by molar-refractivity contribution is 7.18. The fourth-order valence-corrected chi connectivity index (χ4v) is 5.09. The highest BCUT2D eigenvalue weighted by atomic mass is 32.1. The third kappa shape index (κ3) is 2.18. The lowest BCUT2D eigenvalue weighted by molar-refractivity contribution is 0.713. The van der Waals surface area contributed by atoms with Crippen molar-refractivity contribution in [2.45, 2.75) is 32.1 Å². The second kappa shape index (κ2) is 5.63. The Morgan fingerprint density at radius 2 is 2.00 bits per heavy atom. The summed E-state index contributed by atoms with van der Waals surface area (Å²) in [5.41, 5.74) is 2.48. The molecule has 0 fully saturated rings. The molecule has 1 aromatic carbocycles. The van der Waals surface area contributed by atoms with Crippen molar-refractivity contribution < 1.29 is 0 Å². The topological polar surface area (TPSA) is 85.6 Å². The van der Waals surface area contributed by atoms with E-state index >= 15 is 0 Å². The van der Waals surface area contributed by atoms with E-state index in [-0.39, 0.29) is 5.56 Å². The number of hydrogen-bond acceptors (Lipinski definition) is 5. The maximum Gasteiger partial charge on any atom is 0.334 e. The van der Waals surface area contributed by atoms with Crippen LogP contribution < -0.4 is 11.2 Å². The molecule has 3 heterocycles. The van der Waals surface area contributed by atoms with E-state index < -0.39 is 5.69 Å². The summed E-state index contributed by atoms with van der Waals surface area (Å²) in [7, 11) is 1.81. The molecule has 4 aromatic rings. The first kappa shape index (κ1) is 15.5. The molecular formula is C18H17N5O2S. The normalized spacial score (nSPS) is 14.7. The summed E-state index contributed by atoms with van der Waals surface area (Å²) in [4.78, 5) is 30.7. The zero-order valence-electron chi connectivity index (χ0n) is 14.3. The Morgan fingerprint density at radius 3 is 2.88 bits per heavy atom. The van der Waals surface area contributed by atoms with Crippen LogP contribution >= 0.6 is 11.3 Å². The number of fused-ring (bicyclic) bond motifs is 4. The standard InChI is InChI=1S/C18H17N5O2S/c1-22-13-8-7-10(9-12(13)20-21-22)23-17(24)15-11-5-3-2-4-6-14(11)26-16(15)19-18(23)25/h7-9H,2-6H2,1H3,(H,19,25).